The molecule has 0 bridgehead atoms. The van der Waals surface area contributed by atoms with Crippen LogP contribution in [-0.4, -0.2) is 68.0 Å². The first-order valence-electron chi connectivity index (χ1n) is 19.0. The Balaban J connectivity index is 1.33. The Labute approximate surface area is 343 Å². The molecule has 5 aromatic rings. The van der Waals surface area contributed by atoms with Crippen LogP contribution in [0.1, 0.15) is 49.1 Å². The van der Waals surface area contributed by atoms with Crippen LogP contribution in [0.2, 0.25) is 0 Å². The third kappa shape index (κ3) is 10.1. The summed E-state index contributed by atoms with van der Waals surface area (Å²) < 4.78 is 112. The number of fused-ring (bicyclic) bond motifs is 1. The molecule has 0 unspecified atom stereocenters. The maximum absolute atomic E-state index is 14.7. The van der Waals surface area contributed by atoms with E-state index in [2.05, 4.69) is 14.8 Å². The number of hydrogen-bond acceptors (Lipinski definition) is 8. The van der Waals surface area contributed by atoms with Crippen LogP contribution in [0.4, 0.5) is 35.1 Å². The maximum Gasteiger partial charge on any atom is 0.495 e. The number of rotatable bonds is 11. The van der Waals surface area contributed by atoms with Gasteiger partial charge in [-0.1, -0.05) is 54.6 Å². The molecule has 322 valence electrons. The molecular formula is C43H38F8N4O6. The second kappa shape index (κ2) is 17.8. The Kier molecular flexibility index (Phi) is 13.0. The van der Waals surface area contributed by atoms with E-state index in [-0.39, 0.29) is 78.7 Å². The monoisotopic (exact) mass is 858 g/mol. The van der Waals surface area contributed by atoms with Crippen LogP contribution in [0.15, 0.2) is 95.9 Å². The number of aromatic nitrogens is 2. The molecule has 1 fully saturated rings. The quantitative estimate of drug-likeness (QED) is 0.0748. The number of piperidine rings is 1. The van der Waals surface area contributed by atoms with Gasteiger partial charge >= 0.3 is 24.3 Å². The lowest BCUT2D eigenvalue weighted by atomic mass is 9.94. The number of halogens is 8. The summed E-state index contributed by atoms with van der Waals surface area (Å²) in [5, 5.41) is 0.150. The molecule has 0 aliphatic carbocycles. The highest BCUT2D eigenvalue weighted by atomic mass is 19.4. The summed E-state index contributed by atoms with van der Waals surface area (Å²) >= 11 is 0. The zero-order valence-corrected chi connectivity index (χ0v) is 32.7. The number of pyridine rings is 2. The van der Waals surface area contributed by atoms with E-state index in [0.29, 0.717) is 5.56 Å². The standard InChI is InChI=1S/C43H38F8N4O6/c1-41(2,39(58)60-61-40(59)43(49,50)51)53-20-17-29(18-21-53)54(24-26-13-16-31(27-8-4-3-5-9-27)33(22-26)42(46,47)48)36(57)25-55-30(15-14-28-10-6-12-34(44)37(28)45)23-35(56)32-11-7-19-52-38(32)55/h3-13,16,19,22-23,29H,14-15,17-18,20-21,24-25H2,1-2H3. The number of likely N-dealkylation sites (tertiary alicyclic amines) is 1. The van der Waals surface area contributed by atoms with Crippen LogP contribution in [-0.2, 0) is 56.3 Å². The number of carbonyl (C=O) groups excluding carboxylic acids is 3. The van der Waals surface area contributed by atoms with Gasteiger partial charge in [0.2, 0.25) is 5.91 Å². The van der Waals surface area contributed by atoms with Crippen LogP contribution < -0.4 is 5.43 Å². The first-order chi connectivity index (χ1) is 28.8. The molecule has 0 N–H and O–H groups in total. The van der Waals surface area contributed by atoms with Gasteiger partial charge in [0.05, 0.1) is 10.9 Å². The van der Waals surface area contributed by atoms with Gasteiger partial charge in [-0.05, 0) is 86.1 Å². The van der Waals surface area contributed by atoms with E-state index in [4.69, 9.17) is 0 Å². The van der Waals surface area contributed by atoms with Crippen LogP contribution >= 0.6 is 0 Å². The lowest BCUT2D eigenvalue weighted by Crippen LogP contribution is -2.57. The van der Waals surface area contributed by atoms with E-state index in [0.717, 1.165) is 12.1 Å². The Morgan fingerprint density at radius 3 is 2.18 bits per heavy atom. The van der Waals surface area contributed by atoms with Crippen molar-refractivity contribution in [2.45, 2.75) is 76.6 Å². The highest BCUT2D eigenvalue weighted by Crippen LogP contribution is 2.38. The van der Waals surface area contributed by atoms with Crippen LogP contribution in [0.3, 0.4) is 0 Å². The van der Waals surface area contributed by atoms with Gasteiger partial charge in [0, 0.05) is 43.6 Å². The van der Waals surface area contributed by atoms with Gasteiger partial charge in [0.25, 0.3) is 0 Å². The van der Waals surface area contributed by atoms with Crippen molar-refractivity contribution < 1.29 is 59.3 Å². The molecule has 18 heteroatoms. The van der Waals surface area contributed by atoms with Crippen molar-refractivity contribution in [3.05, 3.63) is 135 Å². The van der Waals surface area contributed by atoms with Gasteiger partial charge in [-0.15, -0.1) is 0 Å². The minimum atomic E-state index is -5.42. The van der Waals surface area contributed by atoms with Crippen molar-refractivity contribution in [1.82, 2.24) is 19.4 Å². The number of benzene rings is 3. The molecule has 1 amide bonds. The topological polar surface area (TPSA) is 111 Å². The summed E-state index contributed by atoms with van der Waals surface area (Å²) in [4.78, 5) is 67.1. The van der Waals surface area contributed by atoms with Crippen LogP contribution in [0, 0.1) is 11.6 Å². The Bertz CT molecular complexity index is 2480. The largest absolute Gasteiger partial charge is 0.495 e. The van der Waals surface area contributed by atoms with E-state index < -0.39 is 71.0 Å². The smallest absolute Gasteiger partial charge is 0.334 e. The normalized spacial score (nSPS) is 14.2. The fourth-order valence-electron chi connectivity index (χ4n) is 7.36. The molecule has 0 radical (unpaired) electrons. The predicted octanol–water partition coefficient (Wildman–Crippen LogP) is 7.98. The highest BCUT2D eigenvalue weighted by Gasteiger charge is 2.46. The molecule has 2 aromatic heterocycles. The first kappa shape index (κ1) is 44.4. The molecule has 61 heavy (non-hydrogen) atoms. The second-order valence-corrected chi connectivity index (χ2v) is 15.0. The summed E-state index contributed by atoms with van der Waals surface area (Å²) in [5.74, 6) is -6.78. The molecule has 6 rings (SSSR count). The summed E-state index contributed by atoms with van der Waals surface area (Å²) in [6, 6.07) is 19.0. The van der Waals surface area contributed by atoms with Gasteiger partial charge < -0.3 is 9.47 Å². The maximum atomic E-state index is 14.7. The zero-order chi connectivity index (χ0) is 44.3. The van der Waals surface area contributed by atoms with Gasteiger partial charge in [-0.2, -0.15) is 26.3 Å². The number of alkyl halides is 6. The summed E-state index contributed by atoms with van der Waals surface area (Å²) in [5.41, 5.74) is -2.27. The van der Waals surface area contributed by atoms with E-state index >= 15 is 0 Å². The molecule has 3 aromatic carbocycles. The Morgan fingerprint density at radius 2 is 1.51 bits per heavy atom. The predicted molar refractivity (Wildman–Crippen MR) is 204 cm³/mol. The van der Waals surface area contributed by atoms with Crippen LogP contribution in [0.5, 0.6) is 0 Å². The van der Waals surface area contributed by atoms with E-state index in [1.807, 2.05) is 0 Å². The number of carbonyl (C=O) groups is 3. The number of aryl methyl sites for hydroxylation is 2. The molecule has 3 heterocycles. The average Bonchev–Trinajstić information content (AvgIpc) is 3.23. The minimum absolute atomic E-state index is 0.0181. The van der Waals surface area contributed by atoms with Crippen molar-refractivity contribution >= 4 is 28.9 Å². The molecule has 0 spiro atoms. The lowest BCUT2D eigenvalue weighted by Gasteiger charge is -2.43. The molecule has 1 aliphatic heterocycles. The molecule has 10 nitrogen and oxygen atoms in total. The van der Waals surface area contributed by atoms with E-state index in [1.54, 1.807) is 18.2 Å². The molecule has 1 aliphatic rings. The number of hydrogen-bond donors (Lipinski definition) is 0. The average molecular weight is 859 g/mol. The number of nitrogens with zero attached hydrogens (tertiary/aromatic N) is 4. The van der Waals surface area contributed by atoms with Crippen molar-refractivity contribution in [3.63, 3.8) is 0 Å². The van der Waals surface area contributed by atoms with E-state index in [1.165, 1.54) is 89.0 Å². The van der Waals surface area contributed by atoms with Crippen LogP contribution in [0.25, 0.3) is 22.2 Å². The van der Waals surface area contributed by atoms with Crippen molar-refractivity contribution in [2.24, 2.45) is 0 Å². The summed E-state index contributed by atoms with van der Waals surface area (Å²) in [7, 11) is 0. The fourth-order valence-corrected chi connectivity index (χ4v) is 7.36. The first-order valence-corrected chi connectivity index (χ1v) is 19.0. The fraction of sp³-hybridized carbons (Fsp3) is 0.326. The Morgan fingerprint density at radius 1 is 0.820 bits per heavy atom. The summed E-state index contributed by atoms with van der Waals surface area (Å²) in [6.07, 6.45) is -8.67. The molecule has 1 saturated heterocycles. The molecule has 0 atom stereocenters. The zero-order valence-electron chi connectivity index (χ0n) is 32.7. The Hall–Kier alpha value is -6.17. The SMILES string of the molecule is CC(C)(C(=O)OOC(=O)C(F)(F)F)N1CCC(N(Cc2ccc(-c3ccccc3)c(C(F)(F)F)c2)C(=O)Cn2c(CCc3cccc(F)c3F)cc(=O)c3cccnc32)CC1. The van der Waals surface area contributed by atoms with Gasteiger partial charge in [-0.25, -0.2) is 33.1 Å². The molecule has 0 saturated carbocycles. The van der Waals surface area contributed by atoms with Gasteiger partial charge in [0.1, 0.15) is 17.7 Å². The lowest BCUT2D eigenvalue weighted by molar-refractivity contribution is -0.290. The van der Waals surface area contributed by atoms with Crippen molar-refractivity contribution in [3.8, 4) is 11.1 Å². The number of amides is 1. The van der Waals surface area contributed by atoms with Gasteiger partial charge in [0.15, 0.2) is 17.1 Å². The summed E-state index contributed by atoms with van der Waals surface area (Å²) in [6.45, 7) is 1.94. The van der Waals surface area contributed by atoms with Gasteiger partial charge in [-0.3, -0.25) is 14.5 Å². The van der Waals surface area contributed by atoms with Crippen molar-refractivity contribution in [2.75, 3.05) is 13.1 Å². The highest BCUT2D eigenvalue weighted by molar-refractivity contribution is 5.82. The molecular weight excluding hydrogens is 820 g/mol. The minimum Gasteiger partial charge on any atom is -0.334 e. The van der Waals surface area contributed by atoms with Crippen molar-refractivity contribution in [1.29, 1.82) is 0 Å². The third-order valence-electron chi connectivity index (χ3n) is 10.7. The van der Waals surface area contributed by atoms with E-state index in [9.17, 15) is 54.3 Å². The third-order valence-corrected chi connectivity index (χ3v) is 10.7. The second-order valence-electron chi connectivity index (χ2n) is 15.0.